The lowest BCUT2D eigenvalue weighted by molar-refractivity contribution is 0.0949. The minimum atomic E-state index is -0.370. The van der Waals surface area contributed by atoms with Crippen molar-refractivity contribution in [2.75, 3.05) is 12.4 Å². The standard InChI is InChI=1S/C20H19N3O4/c1-13-5-7-15(10-16(13)23-20(25)17-4-3-9-27-17)19(24)22-12-14-6-8-18(26-2)21-11-14/h3-11H,12H2,1-2H3,(H,22,24)(H,23,25). The van der Waals surface area contributed by atoms with Gasteiger partial charge in [-0.1, -0.05) is 12.1 Å². The second kappa shape index (κ2) is 8.18. The van der Waals surface area contributed by atoms with Crippen molar-refractivity contribution in [3.8, 4) is 5.88 Å². The van der Waals surface area contributed by atoms with Gasteiger partial charge in [-0.15, -0.1) is 0 Å². The van der Waals surface area contributed by atoms with Crippen molar-refractivity contribution in [2.45, 2.75) is 13.5 Å². The van der Waals surface area contributed by atoms with Crippen molar-refractivity contribution in [3.63, 3.8) is 0 Å². The molecule has 3 rings (SSSR count). The number of ether oxygens (including phenoxy) is 1. The average Bonchev–Trinajstić information content (AvgIpc) is 3.23. The summed E-state index contributed by atoms with van der Waals surface area (Å²) in [5.41, 5.74) is 2.68. The van der Waals surface area contributed by atoms with Gasteiger partial charge in [-0.3, -0.25) is 9.59 Å². The molecule has 0 radical (unpaired) electrons. The quantitative estimate of drug-likeness (QED) is 0.700. The van der Waals surface area contributed by atoms with Crippen molar-refractivity contribution < 1.29 is 18.7 Å². The van der Waals surface area contributed by atoms with Crippen LogP contribution in [0.15, 0.2) is 59.3 Å². The van der Waals surface area contributed by atoms with Gasteiger partial charge in [-0.25, -0.2) is 4.98 Å². The summed E-state index contributed by atoms with van der Waals surface area (Å²) in [6, 6.07) is 11.9. The number of carbonyl (C=O) groups excluding carboxylic acids is 2. The smallest absolute Gasteiger partial charge is 0.291 e. The molecule has 2 N–H and O–H groups in total. The topological polar surface area (TPSA) is 93.5 Å². The normalized spacial score (nSPS) is 10.3. The minimum Gasteiger partial charge on any atom is -0.481 e. The van der Waals surface area contributed by atoms with E-state index in [0.717, 1.165) is 11.1 Å². The first-order valence-corrected chi connectivity index (χ1v) is 8.29. The maximum atomic E-state index is 12.4. The summed E-state index contributed by atoms with van der Waals surface area (Å²) in [5, 5.41) is 5.59. The van der Waals surface area contributed by atoms with Gasteiger partial charge in [0.05, 0.1) is 13.4 Å². The van der Waals surface area contributed by atoms with Crippen LogP contribution in [0, 0.1) is 6.92 Å². The van der Waals surface area contributed by atoms with E-state index in [2.05, 4.69) is 15.6 Å². The third-order valence-corrected chi connectivity index (χ3v) is 3.95. The number of amides is 2. The molecule has 2 aromatic heterocycles. The zero-order valence-electron chi connectivity index (χ0n) is 15.0. The highest BCUT2D eigenvalue weighted by molar-refractivity contribution is 6.03. The predicted octanol–water partition coefficient (Wildman–Crippen LogP) is 3.17. The molecule has 0 saturated heterocycles. The molecule has 0 bridgehead atoms. The average molecular weight is 365 g/mol. The number of aryl methyl sites for hydroxylation is 1. The van der Waals surface area contributed by atoms with Crippen LogP contribution in [-0.2, 0) is 6.54 Å². The summed E-state index contributed by atoms with van der Waals surface area (Å²) in [6.45, 7) is 2.18. The number of aromatic nitrogens is 1. The second-order valence-corrected chi connectivity index (χ2v) is 5.85. The van der Waals surface area contributed by atoms with Crippen LogP contribution in [0.2, 0.25) is 0 Å². The Morgan fingerprint density at radius 2 is 2.00 bits per heavy atom. The molecule has 0 spiro atoms. The maximum Gasteiger partial charge on any atom is 0.291 e. The van der Waals surface area contributed by atoms with Crippen LogP contribution in [0.4, 0.5) is 5.69 Å². The Hall–Kier alpha value is -3.61. The van der Waals surface area contributed by atoms with Gasteiger partial charge in [0.15, 0.2) is 5.76 Å². The van der Waals surface area contributed by atoms with Gasteiger partial charge >= 0.3 is 0 Å². The van der Waals surface area contributed by atoms with Gasteiger partial charge in [0.1, 0.15) is 0 Å². The molecule has 7 heteroatoms. The van der Waals surface area contributed by atoms with E-state index < -0.39 is 0 Å². The molecule has 1 aromatic carbocycles. The Morgan fingerprint density at radius 3 is 2.67 bits per heavy atom. The molecule has 2 amide bonds. The largest absolute Gasteiger partial charge is 0.481 e. The molecule has 0 fully saturated rings. The van der Waals surface area contributed by atoms with E-state index in [1.54, 1.807) is 49.7 Å². The van der Waals surface area contributed by atoms with Crippen LogP contribution >= 0.6 is 0 Å². The first-order valence-electron chi connectivity index (χ1n) is 8.29. The Bertz CT molecular complexity index is 934. The summed E-state index contributed by atoms with van der Waals surface area (Å²) < 4.78 is 10.1. The van der Waals surface area contributed by atoms with Crippen molar-refractivity contribution in [2.24, 2.45) is 0 Å². The number of rotatable bonds is 6. The van der Waals surface area contributed by atoms with Gasteiger partial charge in [0.2, 0.25) is 5.88 Å². The fourth-order valence-electron chi connectivity index (χ4n) is 2.41. The lowest BCUT2D eigenvalue weighted by atomic mass is 10.1. The molecule has 0 unspecified atom stereocenters. The molecule has 0 aliphatic carbocycles. The number of anilines is 1. The maximum absolute atomic E-state index is 12.4. The first-order chi connectivity index (χ1) is 13.1. The van der Waals surface area contributed by atoms with E-state index in [4.69, 9.17) is 9.15 Å². The van der Waals surface area contributed by atoms with Crippen LogP contribution in [0.1, 0.15) is 32.0 Å². The summed E-state index contributed by atoms with van der Waals surface area (Å²) in [6.07, 6.45) is 3.07. The zero-order valence-corrected chi connectivity index (χ0v) is 15.0. The number of furan rings is 1. The predicted molar refractivity (Wildman–Crippen MR) is 99.8 cm³/mol. The number of pyridine rings is 1. The van der Waals surface area contributed by atoms with Crippen molar-refractivity contribution in [1.82, 2.24) is 10.3 Å². The Kier molecular flexibility index (Phi) is 5.51. The van der Waals surface area contributed by atoms with Gasteiger partial charge in [-0.05, 0) is 42.3 Å². The van der Waals surface area contributed by atoms with Crippen LogP contribution < -0.4 is 15.4 Å². The highest BCUT2D eigenvalue weighted by Crippen LogP contribution is 2.18. The molecule has 0 aliphatic rings. The fourth-order valence-corrected chi connectivity index (χ4v) is 2.41. The summed E-state index contributed by atoms with van der Waals surface area (Å²) in [5.74, 6) is 0.0982. The fraction of sp³-hybridized carbons (Fsp3) is 0.150. The van der Waals surface area contributed by atoms with Gasteiger partial charge in [0.25, 0.3) is 11.8 Å². The van der Waals surface area contributed by atoms with Crippen LogP contribution in [0.25, 0.3) is 0 Å². The third kappa shape index (κ3) is 4.52. The Morgan fingerprint density at radius 1 is 1.15 bits per heavy atom. The van der Waals surface area contributed by atoms with Crippen molar-refractivity contribution in [3.05, 3.63) is 77.4 Å². The van der Waals surface area contributed by atoms with E-state index >= 15 is 0 Å². The van der Waals surface area contributed by atoms with Gasteiger partial charge in [0, 0.05) is 30.1 Å². The molecular weight excluding hydrogens is 346 g/mol. The van der Waals surface area contributed by atoms with Gasteiger partial charge in [-0.2, -0.15) is 0 Å². The van der Waals surface area contributed by atoms with E-state index in [9.17, 15) is 9.59 Å². The van der Waals surface area contributed by atoms with Crippen LogP contribution in [-0.4, -0.2) is 23.9 Å². The van der Waals surface area contributed by atoms with Crippen LogP contribution in [0.5, 0.6) is 5.88 Å². The summed E-state index contributed by atoms with van der Waals surface area (Å²) >= 11 is 0. The second-order valence-electron chi connectivity index (χ2n) is 5.85. The lowest BCUT2D eigenvalue weighted by Crippen LogP contribution is -2.23. The summed E-state index contributed by atoms with van der Waals surface area (Å²) in [7, 11) is 1.55. The number of carbonyl (C=O) groups is 2. The Balaban J connectivity index is 1.66. The molecular formula is C20H19N3O4. The molecule has 138 valence electrons. The number of benzene rings is 1. The van der Waals surface area contributed by atoms with Gasteiger partial charge < -0.3 is 19.8 Å². The highest BCUT2D eigenvalue weighted by Gasteiger charge is 2.13. The van der Waals surface area contributed by atoms with E-state index in [1.807, 2.05) is 13.0 Å². The molecule has 3 aromatic rings. The van der Waals surface area contributed by atoms with Crippen molar-refractivity contribution in [1.29, 1.82) is 0 Å². The first kappa shape index (κ1) is 18.2. The molecule has 0 saturated carbocycles. The number of hydrogen-bond donors (Lipinski definition) is 2. The molecule has 0 aliphatic heterocycles. The third-order valence-electron chi connectivity index (χ3n) is 3.95. The van der Waals surface area contributed by atoms with E-state index in [1.165, 1.54) is 6.26 Å². The van der Waals surface area contributed by atoms with E-state index in [0.29, 0.717) is 23.7 Å². The van der Waals surface area contributed by atoms with Crippen LogP contribution in [0.3, 0.4) is 0 Å². The monoisotopic (exact) mass is 365 g/mol. The minimum absolute atomic E-state index is 0.205. The molecule has 7 nitrogen and oxygen atoms in total. The SMILES string of the molecule is COc1ccc(CNC(=O)c2ccc(C)c(NC(=O)c3ccco3)c2)cn1. The van der Waals surface area contributed by atoms with Crippen molar-refractivity contribution >= 4 is 17.5 Å². The lowest BCUT2D eigenvalue weighted by Gasteiger charge is -2.10. The number of methoxy groups -OCH3 is 1. The number of hydrogen-bond acceptors (Lipinski definition) is 5. The number of nitrogens with one attached hydrogen (secondary N) is 2. The molecule has 2 heterocycles. The Labute approximate surface area is 156 Å². The number of nitrogens with zero attached hydrogens (tertiary/aromatic N) is 1. The molecule has 0 atom stereocenters. The molecule has 27 heavy (non-hydrogen) atoms. The summed E-state index contributed by atoms with van der Waals surface area (Å²) in [4.78, 5) is 28.7. The zero-order chi connectivity index (χ0) is 19.2. The van der Waals surface area contributed by atoms with E-state index in [-0.39, 0.29) is 17.6 Å². The highest BCUT2D eigenvalue weighted by atomic mass is 16.5.